The Morgan fingerprint density at radius 2 is 1.08 bits per heavy atom. The third-order valence-electron chi connectivity index (χ3n) is 7.07. The predicted octanol–water partition coefficient (Wildman–Crippen LogP) is 8.34. The average molecular weight is 695 g/mol. The van der Waals surface area contributed by atoms with Crippen molar-refractivity contribution >= 4 is 35.5 Å². The SMILES string of the molecule is C=CC(=O)OCCCCCCOc1ccc(C(=O)Oc2ccc(OC(=O)c3ccc(OCCCCCCOC(=O)CC)cc3)cc2Cl)cc1. The molecule has 0 unspecified atom stereocenters. The maximum atomic E-state index is 12.7. The zero-order valence-corrected chi connectivity index (χ0v) is 28.5. The van der Waals surface area contributed by atoms with Crippen molar-refractivity contribution in [2.75, 3.05) is 26.4 Å². The molecule has 3 aromatic carbocycles. The van der Waals surface area contributed by atoms with Gasteiger partial charge >= 0.3 is 23.9 Å². The summed E-state index contributed by atoms with van der Waals surface area (Å²) in [6.45, 7) is 7.01. The van der Waals surface area contributed by atoms with Crippen molar-refractivity contribution in [2.24, 2.45) is 0 Å². The summed E-state index contributed by atoms with van der Waals surface area (Å²) in [5, 5.41) is 0.100. The molecule has 0 aliphatic rings. The van der Waals surface area contributed by atoms with Gasteiger partial charge in [-0.2, -0.15) is 0 Å². The molecule has 11 heteroatoms. The van der Waals surface area contributed by atoms with Gasteiger partial charge in [0.1, 0.15) is 23.0 Å². The molecule has 0 atom stereocenters. The molecule has 0 bridgehead atoms. The molecule has 262 valence electrons. The van der Waals surface area contributed by atoms with Gasteiger partial charge < -0.3 is 28.4 Å². The van der Waals surface area contributed by atoms with Gasteiger partial charge in [0.05, 0.1) is 42.6 Å². The lowest BCUT2D eigenvalue weighted by Gasteiger charge is -2.10. The van der Waals surface area contributed by atoms with E-state index in [0.29, 0.717) is 55.5 Å². The minimum absolute atomic E-state index is 0.100. The van der Waals surface area contributed by atoms with Crippen molar-refractivity contribution < 1.29 is 47.6 Å². The number of esters is 4. The maximum Gasteiger partial charge on any atom is 0.343 e. The van der Waals surface area contributed by atoms with E-state index in [1.54, 1.807) is 55.5 Å². The first kappa shape index (κ1) is 38.6. The minimum atomic E-state index is -0.604. The molecule has 0 saturated carbocycles. The minimum Gasteiger partial charge on any atom is -0.494 e. The number of carbonyl (C=O) groups is 4. The number of hydrogen-bond donors (Lipinski definition) is 0. The second-order valence-electron chi connectivity index (χ2n) is 10.9. The first-order valence-electron chi connectivity index (χ1n) is 16.4. The Hall–Kier alpha value is -4.83. The van der Waals surface area contributed by atoms with Crippen molar-refractivity contribution in [3.63, 3.8) is 0 Å². The lowest BCUT2D eigenvalue weighted by Crippen LogP contribution is -2.10. The van der Waals surface area contributed by atoms with Crippen molar-refractivity contribution in [3.8, 4) is 23.0 Å². The topological polar surface area (TPSA) is 124 Å². The third kappa shape index (κ3) is 14.9. The third-order valence-corrected chi connectivity index (χ3v) is 7.37. The quantitative estimate of drug-likeness (QED) is 0.0439. The summed E-state index contributed by atoms with van der Waals surface area (Å²) in [6.07, 6.45) is 8.61. The lowest BCUT2D eigenvalue weighted by molar-refractivity contribution is -0.143. The summed E-state index contributed by atoms with van der Waals surface area (Å²) in [7, 11) is 0. The number of carbonyl (C=O) groups excluding carboxylic acids is 4. The summed E-state index contributed by atoms with van der Waals surface area (Å²) in [4.78, 5) is 47.5. The Morgan fingerprint density at radius 1 is 0.612 bits per heavy atom. The van der Waals surface area contributed by atoms with E-state index in [2.05, 4.69) is 6.58 Å². The Kier molecular flexibility index (Phi) is 17.3. The van der Waals surface area contributed by atoms with E-state index in [0.717, 1.165) is 57.4 Å². The molecule has 0 amide bonds. The molecule has 0 fully saturated rings. The van der Waals surface area contributed by atoms with Crippen LogP contribution in [0.15, 0.2) is 79.4 Å². The molecule has 0 aliphatic heterocycles. The second kappa shape index (κ2) is 21.9. The van der Waals surface area contributed by atoms with Crippen LogP contribution >= 0.6 is 11.6 Å². The molecule has 0 heterocycles. The number of unbranched alkanes of at least 4 members (excludes halogenated alkanes) is 6. The van der Waals surface area contributed by atoms with Crippen LogP contribution in [0, 0.1) is 0 Å². The second-order valence-corrected chi connectivity index (χ2v) is 11.3. The molecule has 0 aliphatic carbocycles. The van der Waals surface area contributed by atoms with Gasteiger partial charge in [-0.25, -0.2) is 14.4 Å². The Bertz CT molecular complexity index is 1500. The van der Waals surface area contributed by atoms with Gasteiger partial charge in [-0.1, -0.05) is 25.1 Å². The van der Waals surface area contributed by atoms with Crippen LogP contribution in [-0.2, 0) is 19.1 Å². The summed E-state index contributed by atoms with van der Waals surface area (Å²) >= 11 is 6.33. The van der Waals surface area contributed by atoms with Gasteiger partial charge in [-0.05, 0) is 112 Å². The molecule has 49 heavy (non-hydrogen) atoms. The zero-order valence-electron chi connectivity index (χ0n) is 27.8. The summed E-state index contributed by atoms with van der Waals surface area (Å²) in [6, 6.07) is 17.6. The number of benzene rings is 3. The molecule has 0 saturated heterocycles. The summed E-state index contributed by atoms with van der Waals surface area (Å²) in [5.74, 6) is -0.198. The summed E-state index contributed by atoms with van der Waals surface area (Å²) in [5.41, 5.74) is 0.642. The van der Waals surface area contributed by atoms with Gasteiger partial charge in [0, 0.05) is 18.6 Å². The predicted molar refractivity (Wildman–Crippen MR) is 185 cm³/mol. The molecule has 0 aromatic heterocycles. The highest BCUT2D eigenvalue weighted by molar-refractivity contribution is 6.32. The van der Waals surface area contributed by atoms with Gasteiger partial charge in [0.25, 0.3) is 0 Å². The van der Waals surface area contributed by atoms with Crippen LogP contribution in [0.25, 0.3) is 0 Å². The monoisotopic (exact) mass is 694 g/mol. The Balaban J connectivity index is 1.35. The molecular formula is C38H43ClO10. The fourth-order valence-electron chi connectivity index (χ4n) is 4.34. The first-order valence-corrected chi connectivity index (χ1v) is 16.8. The van der Waals surface area contributed by atoms with Crippen molar-refractivity contribution in [1.82, 2.24) is 0 Å². The highest BCUT2D eigenvalue weighted by Gasteiger charge is 2.15. The van der Waals surface area contributed by atoms with Gasteiger partial charge in [0.2, 0.25) is 0 Å². The normalized spacial score (nSPS) is 10.5. The fraction of sp³-hybridized carbons (Fsp3) is 0.368. The number of hydrogen-bond acceptors (Lipinski definition) is 10. The molecule has 3 rings (SSSR count). The number of rotatable bonds is 22. The Labute approximate surface area is 292 Å². The van der Waals surface area contributed by atoms with E-state index in [1.165, 1.54) is 18.2 Å². The molecule has 0 spiro atoms. The highest BCUT2D eigenvalue weighted by Crippen LogP contribution is 2.30. The van der Waals surface area contributed by atoms with E-state index in [4.69, 9.17) is 40.0 Å². The maximum absolute atomic E-state index is 12.7. The lowest BCUT2D eigenvalue weighted by atomic mass is 10.2. The standard InChI is InChI=1S/C38H43ClO10/c1-3-35(40)46-25-11-7-5-9-23-44-30-17-13-28(14-18-30)37(42)48-32-21-22-34(33(39)27-32)49-38(43)29-15-19-31(20-16-29)45-24-10-6-8-12-26-47-36(41)4-2/h4,13-22,27H,2-3,5-12,23-26H2,1H3. The molecule has 0 N–H and O–H groups in total. The molecular weight excluding hydrogens is 652 g/mol. The highest BCUT2D eigenvalue weighted by atomic mass is 35.5. The van der Waals surface area contributed by atoms with Crippen LogP contribution in [-0.4, -0.2) is 50.3 Å². The van der Waals surface area contributed by atoms with Crippen LogP contribution in [0.2, 0.25) is 5.02 Å². The molecule has 0 radical (unpaired) electrons. The smallest absolute Gasteiger partial charge is 0.343 e. The van der Waals surface area contributed by atoms with E-state index in [1.807, 2.05) is 0 Å². The number of ether oxygens (including phenoxy) is 6. The fourth-order valence-corrected chi connectivity index (χ4v) is 4.55. The Morgan fingerprint density at radius 3 is 1.57 bits per heavy atom. The molecule has 10 nitrogen and oxygen atoms in total. The molecule has 3 aromatic rings. The van der Waals surface area contributed by atoms with Gasteiger partial charge in [-0.3, -0.25) is 4.79 Å². The van der Waals surface area contributed by atoms with E-state index in [9.17, 15) is 19.2 Å². The van der Waals surface area contributed by atoms with Crippen LogP contribution in [0.5, 0.6) is 23.0 Å². The number of halogens is 1. The van der Waals surface area contributed by atoms with E-state index >= 15 is 0 Å². The van der Waals surface area contributed by atoms with Crippen LogP contribution in [0.3, 0.4) is 0 Å². The average Bonchev–Trinajstić information content (AvgIpc) is 3.11. The zero-order chi connectivity index (χ0) is 35.3. The van der Waals surface area contributed by atoms with Gasteiger partial charge in [-0.15, -0.1) is 0 Å². The summed E-state index contributed by atoms with van der Waals surface area (Å²) < 4.78 is 32.4. The van der Waals surface area contributed by atoms with Crippen LogP contribution in [0.4, 0.5) is 0 Å². The van der Waals surface area contributed by atoms with Crippen LogP contribution in [0.1, 0.15) is 85.4 Å². The van der Waals surface area contributed by atoms with Crippen molar-refractivity contribution in [3.05, 3.63) is 95.5 Å². The van der Waals surface area contributed by atoms with Crippen molar-refractivity contribution in [2.45, 2.75) is 64.7 Å². The first-order chi connectivity index (χ1) is 23.8. The van der Waals surface area contributed by atoms with Crippen LogP contribution < -0.4 is 18.9 Å². The largest absolute Gasteiger partial charge is 0.494 e. The van der Waals surface area contributed by atoms with Gasteiger partial charge in [0.15, 0.2) is 0 Å². The van der Waals surface area contributed by atoms with E-state index in [-0.39, 0.29) is 22.5 Å². The van der Waals surface area contributed by atoms with E-state index < -0.39 is 17.9 Å². The van der Waals surface area contributed by atoms with Crippen molar-refractivity contribution in [1.29, 1.82) is 0 Å².